The van der Waals surface area contributed by atoms with Crippen LogP contribution in [0.2, 0.25) is 0 Å². The highest BCUT2D eigenvalue weighted by Gasteiger charge is 2.19. The molecular weight excluding hydrogens is 262 g/mol. The molecule has 0 aromatic heterocycles. The zero-order chi connectivity index (χ0) is 11.0. The van der Waals surface area contributed by atoms with Crippen molar-refractivity contribution in [2.45, 2.75) is 6.92 Å². The van der Waals surface area contributed by atoms with Gasteiger partial charge in [0, 0.05) is 10.0 Å². The Morgan fingerprint density at radius 3 is 2.93 bits per heavy atom. The molecule has 1 heterocycles. The normalized spacial score (nSPS) is 13.9. The first-order valence-electron chi connectivity index (χ1n) is 4.35. The van der Waals surface area contributed by atoms with E-state index in [9.17, 15) is 9.59 Å². The lowest BCUT2D eigenvalue weighted by atomic mass is 10.1. The molecule has 15 heavy (non-hydrogen) atoms. The topological polar surface area (TPSA) is 55.4 Å². The van der Waals surface area contributed by atoms with E-state index in [4.69, 9.17) is 4.74 Å². The quantitative estimate of drug-likeness (QED) is 0.794. The lowest BCUT2D eigenvalue weighted by molar-refractivity contribution is -0.118. The fraction of sp³-hybridized carbons (Fsp3) is 0.200. The van der Waals surface area contributed by atoms with Gasteiger partial charge in [-0.25, -0.2) is 0 Å². The van der Waals surface area contributed by atoms with Crippen molar-refractivity contribution in [3.8, 4) is 5.75 Å². The average molecular weight is 270 g/mol. The molecule has 1 amide bonds. The molecule has 0 bridgehead atoms. The predicted molar refractivity (Wildman–Crippen MR) is 58.3 cm³/mol. The number of carbonyl (C=O) groups excluding carboxylic acids is 2. The van der Waals surface area contributed by atoms with Gasteiger partial charge in [0.2, 0.25) is 0 Å². The Bertz CT molecular complexity index is 456. The Kier molecular flexibility index (Phi) is 2.48. The van der Waals surface area contributed by atoms with Crippen molar-refractivity contribution in [1.29, 1.82) is 0 Å². The Labute approximate surface area is 94.7 Å². The predicted octanol–water partition coefficient (Wildman–Crippen LogP) is 1.98. The number of benzene rings is 1. The summed E-state index contributed by atoms with van der Waals surface area (Å²) in [5.41, 5.74) is 1.13. The molecule has 0 fully saturated rings. The molecule has 0 spiro atoms. The van der Waals surface area contributed by atoms with Crippen LogP contribution in [0.4, 0.5) is 5.69 Å². The monoisotopic (exact) mass is 269 g/mol. The van der Waals surface area contributed by atoms with Crippen LogP contribution in [0.3, 0.4) is 0 Å². The Hall–Kier alpha value is -1.36. The van der Waals surface area contributed by atoms with E-state index in [1.54, 1.807) is 12.1 Å². The van der Waals surface area contributed by atoms with Gasteiger partial charge < -0.3 is 10.1 Å². The van der Waals surface area contributed by atoms with E-state index in [1.807, 2.05) is 0 Å². The molecule has 1 N–H and O–H groups in total. The maximum atomic E-state index is 11.2. The molecule has 2 rings (SSSR count). The summed E-state index contributed by atoms with van der Waals surface area (Å²) in [6.07, 6.45) is 0. The van der Waals surface area contributed by atoms with Crippen molar-refractivity contribution in [3.63, 3.8) is 0 Å². The van der Waals surface area contributed by atoms with Gasteiger partial charge >= 0.3 is 0 Å². The number of anilines is 1. The number of halogens is 1. The Morgan fingerprint density at radius 2 is 2.27 bits per heavy atom. The maximum absolute atomic E-state index is 11.2. The average Bonchev–Trinajstić information content (AvgIpc) is 2.15. The standard InChI is InChI=1S/C10H8BrNO3/c1-5(13)6-2-9-8(3-7(6)11)12-10(14)4-15-9/h2-3H,4H2,1H3,(H,12,14). The van der Waals surface area contributed by atoms with Gasteiger partial charge in [0.15, 0.2) is 12.4 Å². The van der Waals surface area contributed by atoms with Crippen molar-refractivity contribution in [2.24, 2.45) is 0 Å². The second-order valence-corrected chi connectivity index (χ2v) is 4.08. The van der Waals surface area contributed by atoms with Crippen LogP contribution >= 0.6 is 15.9 Å². The highest BCUT2D eigenvalue weighted by Crippen LogP contribution is 2.33. The molecule has 1 aromatic carbocycles. The fourth-order valence-electron chi connectivity index (χ4n) is 1.37. The smallest absolute Gasteiger partial charge is 0.262 e. The zero-order valence-corrected chi connectivity index (χ0v) is 9.55. The van der Waals surface area contributed by atoms with Crippen molar-refractivity contribution < 1.29 is 14.3 Å². The second-order valence-electron chi connectivity index (χ2n) is 3.22. The number of fused-ring (bicyclic) bond motifs is 1. The zero-order valence-electron chi connectivity index (χ0n) is 7.96. The minimum atomic E-state index is -0.190. The number of nitrogens with one attached hydrogen (secondary N) is 1. The Balaban J connectivity index is 2.50. The molecule has 4 nitrogen and oxygen atoms in total. The lowest BCUT2D eigenvalue weighted by Gasteiger charge is -2.18. The molecule has 0 saturated heterocycles. The highest BCUT2D eigenvalue weighted by molar-refractivity contribution is 9.10. The molecule has 0 saturated carbocycles. The summed E-state index contributed by atoms with van der Waals surface area (Å²) < 4.78 is 5.85. The van der Waals surface area contributed by atoms with Gasteiger partial charge in [-0.2, -0.15) is 0 Å². The molecule has 0 aliphatic carbocycles. The van der Waals surface area contributed by atoms with Crippen LogP contribution in [0.1, 0.15) is 17.3 Å². The third-order valence-electron chi connectivity index (χ3n) is 2.08. The van der Waals surface area contributed by atoms with Gasteiger partial charge in [-0.15, -0.1) is 0 Å². The minimum absolute atomic E-state index is 0.00796. The number of Topliss-reactive ketones (excluding diaryl/α,β-unsaturated/α-hetero) is 1. The van der Waals surface area contributed by atoms with Gasteiger partial charge in [-0.3, -0.25) is 9.59 Å². The fourth-order valence-corrected chi connectivity index (χ4v) is 1.99. The van der Waals surface area contributed by atoms with Gasteiger partial charge in [-0.05, 0) is 35.0 Å². The van der Waals surface area contributed by atoms with Crippen molar-refractivity contribution in [2.75, 3.05) is 11.9 Å². The molecule has 0 atom stereocenters. The highest BCUT2D eigenvalue weighted by atomic mass is 79.9. The molecule has 1 aliphatic heterocycles. The molecule has 5 heteroatoms. The number of ether oxygens (including phenoxy) is 1. The summed E-state index contributed by atoms with van der Waals surface area (Å²) >= 11 is 3.27. The van der Waals surface area contributed by atoms with Crippen molar-refractivity contribution >= 4 is 33.3 Å². The minimum Gasteiger partial charge on any atom is -0.482 e. The summed E-state index contributed by atoms with van der Waals surface area (Å²) in [5.74, 6) is 0.290. The van der Waals surface area contributed by atoms with E-state index in [1.165, 1.54) is 6.92 Å². The molecule has 0 unspecified atom stereocenters. The van der Waals surface area contributed by atoms with Gasteiger partial charge in [0.1, 0.15) is 5.75 Å². The van der Waals surface area contributed by atoms with Gasteiger partial charge in [-0.1, -0.05) is 0 Å². The van der Waals surface area contributed by atoms with Crippen LogP contribution in [0, 0.1) is 0 Å². The van der Waals surface area contributed by atoms with Gasteiger partial charge in [0.25, 0.3) is 5.91 Å². The number of hydrogen-bond donors (Lipinski definition) is 1. The van der Waals surface area contributed by atoms with Crippen LogP contribution in [0.25, 0.3) is 0 Å². The van der Waals surface area contributed by atoms with Crippen LogP contribution in [-0.4, -0.2) is 18.3 Å². The van der Waals surface area contributed by atoms with E-state index < -0.39 is 0 Å². The van der Waals surface area contributed by atoms with Crippen LogP contribution in [0.15, 0.2) is 16.6 Å². The number of ketones is 1. The molecule has 0 radical (unpaired) electrons. The van der Waals surface area contributed by atoms with E-state index in [0.29, 0.717) is 21.5 Å². The first-order valence-corrected chi connectivity index (χ1v) is 5.14. The second kappa shape index (κ2) is 3.66. The number of amides is 1. The van der Waals surface area contributed by atoms with Crippen LogP contribution < -0.4 is 10.1 Å². The van der Waals surface area contributed by atoms with E-state index in [-0.39, 0.29) is 18.3 Å². The Morgan fingerprint density at radius 1 is 1.53 bits per heavy atom. The summed E-state index contributed by atoms with van der Waals surface area (Å²) in [6, 6.07) is 3.30. The first-order chi connectivity index (χ1) is 7.08. The SMILES string of the molecule is CC(=O)c1cc2c(cc1Br)NC(=O)CO2. The number of carbonyl (C=O) groups is 2. The molecule has 1 aromatic rings. The summed E-state index contributed by atoms with van der Waals surface area (Å²) in [6.45, 7) is 1.47. The number of rotatable bonds is 1. The van der Waals surface area contributed by atoms with Crippen LogP contribution in [0.5, 0.6) is 5.75 Å². The lowest BCUT2D eigenvalue weighted by Crippen LogP contribution is -2.25. The van der Waals surface area contributed by atoms with Crippen LogP contribution in [-0.2, 0) is 4.79 Å². The largest absolute Gasteiger partial charge is 0.482 e. The molecule has 78 valence electrons. The van der Waals surface area contributed by atoms with E-state index >= 15 is 0 Å². The summed E-state index contributed by atoms with van der Waals surface area (Å²) in [4.78, 5) is 22.3. The maximum Gasteiger partial charge on any atom is 0.262 e. The third-order valence-corrected chi connectivity index (χ3v) is 2.74. The number of hydrogen-bond acceptors (Lipinski definition) is 3. The summed E-state index contributed by atoms with van der Waals surface area (Å²) in [5, 5.41) is 2.66. The van der Waals surface area contributed by atoms with E-state index in [0.717, 1.165) is 0 Å². The van der Waals surface area contributed by atoms with Crippen molar-refractivity contribution in [3.05, 3.63) is 22.2 Å². The van der Waals surface area contributed by atoms with Gasteiger partial charge in [0.05, 0.1) is 5.69 Å². The van der Waals surface area contributed by atoms with Crippen molar-refractivity contribution in [1.82, 2.24) is 0 Å². The molecule has 1 aliphatic rings. The third kappa shape index (κ3) is 1.87. The first kappa shape index (κ1) is 10.2. The van der Waals surface area contributed by atoms with E-state index in [2.05, 4.69) is 21.2 Å². The molecular formula is C10H8BrNO3. The summed E-state index contributed by atoms with van der Waals surface area (Å²) in [7, 11) is 0.